The van der Waals surface area contributed by atoms with Crippen LogP contribution in [0.15, 0.2) is 66.7 Å². The van der Waals surface area contributed by atoms with Crippen LogP contribution >= 0.6 is 0 Å². The number of carboxylic acids is 1. The fourth-order valence-corrected chi connectivity index (χ4v) is 5.37. The maximum absolute atomic E-state index is 15.5. The van der Waals surface area contributed by atoms with Gasteiger partial charge in [0.15, 0.2) is 0 Å². The predicted octanol–water partition coefficient (Wildman–Crippen LogP) is 6.61. The molecule has 1 N–H and O–H groups in total. The lowest BCUT2D eigenvalue weighted by Gasteiger charge is -2.36. The first-order chi connectivity index (χ1) is 21.2. The molecule has 0 amide bonds. The fourth-order valence-electron chi connectivity index (χ4n) is 5.37. The van der Waals surface area contributed by atoms with Crippen molar-refractivity contribution in [2.24, 2.45) is 0 Å². The first-order valence-corrected chi connectivity index (χ1v) is 13.8. The summed E-state index contributed by atoms with van der Waals surface area (Å²) in [5.41, 5.74) is 1.79. The summed E-state index contributed by atoms with van der Waals surface area (Å²) in [6.07, 6.45) is 1.39. The smallest absolute Gasteiger partial charge is 0.335 e. The van der Waals surface area contributed by atoms with Crippen LogP contribution in [0.1, 0.15) is 51.8 Å². The Bertz CT molecular complexity index is 1950. The monoisotopic (exact) mass is 598 g/mol. The Balaban J connectivity index is 1.27. The average molecular weight is 599 g/mol. The Morgan fingerprint density at radius 2 is 1.80 bits per heavy atom. The number of nitriles is 1. The van der Waals surface area contributed by atoms with E-state index in [1.54, 1.807) is 25.3 Å². The van der Waals surface area contributed by atoms with Crippen molar-refractivity contribution in [1.29, 1.82) is 5.26 Å². The van der Waals surface area contributed by atoms with Crippen molar-refractivity contribution in [3.05, 3.63) is 112 Å². The molecule has 11 heteroatoms. The van der Waals surface area contributed by atoms with Crippen molar-refractivity contribution in [3.8, 4) is 23.2 Å². The molecule has 5 aromatic rings. The second kappa shape index (κ2) is 11.8. The number of halogens is 3. The van der Waals surface area contributed by atoms with Crippen LogP contribution in [0.3, 0.4) is 0 Å². The van der Waals surface area contributed by atoms with E-state index in [0.29, 0.717) is 29.7 Å². The summed E-state index contributed by atoms with van der Waals surface area (Å²) in [4.78, 5) is 20.6. The minimum Gasteiger partial charge on any atom is -0.478 e. The van der Waals surface area contributed by atoms with Crippen LogP contribution in [-0.2, 0) is 17.8 Å². The van der Waals surface area contributed by atoms with Crippen molar-refractivity contribution in [3.63, 3.8) is 0 Å². The molecule has 0 unspecified atom stereocenters. The van der Waals surface area contributed by atoms with Crippen LogP contribution in [0.5, 0.6) is 5.88 Å². The van der Waals surface area contributed by atoms with Gasteiger partial charge in [0.05, 0.1) is 40.0 Å². The average Bonchev–Trinajstić information content (AvgIpc) is 3.34. The van der Waals surface area contributed by atoms with E-state index < -0.39 is 23.4 Å². The topological polar surface area (TPSA) is 110 Å². The van der Waals surface area contributed by atoms with Gasteiger partial charge in [0.1, 0.15) is 29.9 Å². The van der Waals surface area contributed by atoms with Crippen LogP contribution < -0.4 is 4.74 Å². The molecule has 8 nitrogen and oxygen atoms in total. The van der Waals surface area contributed by atoms with Crippen LogP contribution in [0, 0.1) is 28.8 Å². The molecule has 2 heterocycles. The number of carboxylic acid groups (broad SMARTS) is 1. The van der Waals surface area contributed by atoms with Gasteiger partial charge < -0.3 is 19.1 Å². The molecule has 2 aromatic heterocycles. The van der Waals surface area contributed by atoms with Crippen molar-refractivity contribution >= 4 is 17.0 Å². The molecule has 0 radical (unpaired) electrons. The number of ether oxygens (including phenoxy) is 2. The van der Waals surface area contributed by atoms with E-state index in [0.717, 1.165) is 18.2 Å². The molecule has 222 valence electrons. The van der Waals surface area contributed by atoms with Crippen LogP contribution in [-0.4, -0.2) is 38.8 Å². The van der Waals surface area contributed by atoms with E-state index in [1.165, 1.54) is 30.3 Å². The van der Waals surface area contributed by atoms with Gasteiger partial charge in [-0.2, -0.15) is 5.26 Å². The van der Waals surface area contributed by atoms with Gasteiger partial charge in [-0.3, -0.25) is 0 Å². The normalized spacial score (nSPS) is 16.0. The number of methoxy groups -OCH3 is 1. The highest BCUT2D eigenvalue weighted by molar-refractivity contribution is 5.92. The summed E-state index contributed by atoms with van der Waals surface area (Å²) >= 11 is 0. The molecule has 0 bridgehead atoms. The largest absolute Gasteiger partial charge is 0.478 e. The molecule has 0 aliphatic heterocycles. The predicted molar refractivity (Wildman–Crippen MR) is 154 cm³/mol. The van der Waals surface area contributed by atoms with E-state index in [4.69, 9.17) is 14.7 Å². The van der Waals surface area contributed by atoms with E-state index in [2.05, 4.69) is 9.97 Å². The minimum absolute atomic E-state index is 0.0268. The van der Waals surface area contributed by atoms with Crippen molar-refractivity contribution in [1.82, 2.24) is 14.5 Å². The molecule has 3 aromatic carbocycles. The zero-order valence-electron chi connectivity index (χ0n) is 23.4. The number of rotatable bonds is 9. The molecular formula is C33H25F3N4O4. The summed E-state index contributed by atoms with van der Waals surface area (Å²) in [5.74, 6) is -2.48. The van der Waals surface area contributed by atoms with E-state index in [1.807, 2.05) is 10.6 Å². The summed E-state index contributed by atoms with van der Waals surface area (Å²) in [6, 6.07) is 17.2. The molecular weight excluding hydrogens is 573 g/mol. The van der Waals surface area contributed by atoms with Crippen LogP contribution in [0.25, 0.3) is 22.3 Å². The van der Waals surface area contributed by atoms with E-state index in [9.17, 15) is 14.3 Å². The quantitative estimate of drug-likeness (QED) is 0.203. The van der Waals surface area contributed by atoms with Gasteiger partial charge in [0, 0.05) is 36.8 Å². The maximum atomic E-state index is 15.5. The molecule has 1 aliphatic carbocycles. The van der Waals surface area contributed by atoms with Crippen molar-refractivity contribution in [2.45, 2.75) is 38.0 Å². The third-order valence-corrected chi connectivity index (χ3v) is 7.82. The van der Waals surface area contributed by atoms with Crippen molar-refractivity contribution in [2.75, 3.05) is 7.11 Å². The highest BCUT2D eigenvalue weighted by Gasteiger charge is 2.33. The number of fused-ring (bicyclic) bond motifs is 1. The zero-order valence-corrected chi connectivity index (χ0v) is 23.4. The summed E-state index contributed by atoms with van der Waals surface area (Å²) in [6.45, 7) is -0.176. The number of hydrogen-bond acceptors (Lipinski definition) is 6. The summed E-state index contributed by atoms with van der Waals surface area (Å²) < 4.78 is 58.1. The molecule has 6 rings (SSSR count). The first-order valence-electron chi connectivity index (χ1n) is 13.8. The maximum Gasteiger partial charge on any atom is 0.335 e. The second-order valence-corrected chi connectivity index (χ2v) is 10.6. The lowest BCUT2D eigenvalue weighted by atomic mass is 9.88. The Kier molecular flexibility index (Phi) is 7.76. The molecule has 1 saturated carbocycles. The Morgan fingerprint density at radius 3 is 2.52 bits per heavy atom. The SMILES string of the molecule is CO[C@H]1C[C@H](n2c(Cc3cc(F)c(-c4cccc(OCc5ccc(C#N)cc5F)n4)cc3F)nc3ccc(C(=O)O)cc32)C1. The highest BCUT2D eigenvalue weighted by atomic mass is 19.1. The number of benzene rings is 3. The Labute approximate surface area is 249 Å². The lowest BCUT2D eigenvalue weighted by molar-refractivity contribution is 0.00665. The Morgan fingerprint density at radius 1 is 1.00 bits per heavy atom. The number of aromatic carboxylic acids is 1. The van der Waals surface area contributed by atoms with Gasteiger partial charge in [-0.05, 0) is 66.9 Å². The van der Waals surface area contributed by atoms with Gasteiger partial charge in [-0.1, -0.05) is 12.1 Å². The fraction of sp³-hybridized carbons (Fsp3) is 0.212. The number of carbonyl (C=O) groups is 1. The summed E-state index contributed by atoms with van der Waals surface area (Å²) in [5, 5.41) is 18.4. The van der Waals surface area contributed by atoms with Crippen molar-refractivity contribution < 1.29 is 32.5 Å². The van der Waals surface area contributed by atoms with Gasteiger partial charge in [0.2, 0.25) is 5.88 Å². The summed E-state index contributed by atoms with van der Waals surface area (Å²) in [7, 11) is 1.63. The Hall–Kier alpha value is -5.21. The minimum atomic E-state index is -1.07. The molecule has 0 atom stereocenters. The van der Waals surface area contributed by atoms with Gasteiger partial charge >= 0.3 is 5.97 Å². The number of imidazole rings is 1. The number of hydrogen-bond donors (Lipinski definition) is 1. The molecule has 44 heavy (non-hydrogen) atoms. The third-order valence-electron chi connectivity index (χ3n) is 7.82. The lowest BCUT2D eigenvalue weighted by Crippen LogP contribution is -2.33. The third kappa shape index (κ3) is 5.59. The molecule has 0 spiro atoms. The van der Waals surface area contributed by atoms with E-state index in [-0.39, 0.29) is 64.6 Å². The second-order valence-electron chi connectivity index (χ2n) is 10.6. The number of pyridine rings is 1. The van der Waals surface area contributed by atoms with Gasteiger partial charge in [0.25, 0.3) is 0 Å². The zero-order chi connectivity index (χ0) is 31.0. The standard InChI is InChI=1S/C33H25F3N4O4/c1-43-23-13-22(14-23)40-30-11-19(33(41)42)7-8-29(30)38-31(40)12-21-10-27(36)24(15-26(21)35)28-3-2-4-32(39-28)44-17-20-6-5-18(16-37)9-25(20)34/h2-11,15,22-23H,12-14,17H2,1H3,(H,41,42)/t22-,23-. The highest BCUT2D eigenvalue weighted by Crippen LogP contribution is 2.38. The molecule has 1 fully saturated rings. The molecule has 1 aliphatic rings. The number of nitrogens with zero attached hydrogens (tertiary/aromatic N) is 4. The molecule has 0 saturated heterocycles. The van der Waals surface area contributed by atoms with Crippen LogP contribution in [0.2, 0.25) is 0 Å². The van der Waals surface area contributed by atoms with Gasteiger partial charge in [-0.15, -0.1) is 0 Å². The van der Waals surface area contributed by atoms with Crippen LogP contribution in [0.4, 0.5) is 13.2 Å². The first kappa shape index (κ1) is 28.9. The van der Waals surface area contributed by atoms with E-state index >= 15 is 8.78 Å². The van der Waals surface area contributed by atoms with Gasteiger partial charge in [-0.25, -0.2) is 27.9 Å². The number of aromatic nitrogens is 3.